The van der Waals surface area contributed by atoms with E-state index >= 15 is 0 Å². The largest absolute Gasteiger partial charge is 0.464 e. The van der Waals surface area contributed by atoms with Gasteiger partial charge in [0.1, 0.15) is 6.04 Å². The molecule has 1 atom stereocenters. The Morgan fingerprint density at radius 2 is 2.18 bits per heavy atom. The van der Waals surface area contributed by atoms with Crippen LogP contribution in [0.2, 0.25) is 0 Å². The van der Waals surface area contributed by atoms with Crippen LogP contribution >= 0.6 is 12.6 Å². The van der Waals surface area contributed by atoms with Crippen molar-refractivity contribution in [1.29, 1.82) is 0 Å². The fourth-order valence-electron chi connectivity index (χ4n) is 0.430. The highest BCUT2D eigenvalue weighted by Crippen LogP contribution is 1.95. The molecule has 0 saturated carbocycles. The molecule has 66 valence electrons. The monoisotopic (exact) mass is 177 g/mol. The van der Waals surface area contributed by atoms with E-state index in [2.05, 4.69) is 12.6 Å². The van der Waals surface area contributed by atoms with E-state index in [0.717, 1.165) is 0 Å². The minimum absolute atomic E-state index is 0.330. The molecular formula is C7H15NO2S. The van der Waals surface area contributed by atoms with Crippen LogP contribution < -0.4 is 5.73 Å². The van der Waals surface area contributed by atoms with Gasteiger partial charge in [-0.05, 0) is 5.92 Å². The Labute approximate surface area is 72.7 Å². The van der Waals surface area contributed by atoms with Gasteiger partial charge in [-0.3, -0.25) is 4.79 Å². The van der Waals surface area contributed by atoms with Gasteiger partial charge < -0.3 is 10.5 Å². The highest BCUT2D eigenvalue weighted by Gasteiger charge is 2.12. The maximum Gasteiger partial charge on any atom is 0.323 e. The predicted molar refractivity (Wildman–Crippen MR) is 47.6 cm³/mol. The van der Waals surface area contributed by atoms with Crippen molar-refractivity contribution in [3.63, 3.8) is 0 Å². The molecule has 0 rings (SSSR count). The predicted octanol–water partition coefficient (Wildman–Crippen LogP) is 0.443. The van der Waals surface area contributed by atoms with Gasteiger partial charge in [-0.2, -0.15) is 12.6 Å². The topological polar surface area (TPSA) is 52.3 Å². The van der Waals surface area contributed by atoms with Crippen LogP contribution in [0.25, 0.3) is 0 Å². The molecule has 0 aliphatic heterocycles. The number of rotatable bonds is 4. The summed E-state index contributed by atoms with van der Waals surface area (Å²) in [6, 6.07) is -0.586. The van der Waals surface area contributed by atoms with Gasteiger partial charge in [0.05, 0.1) is 6.61 Å². The van der Waals surface area contributed by atoms with Gasteiger partial charge in [0.25, 0.3) is 0 Å². The van der Waals surface area contributed by atoms with Crippen molar-refractivity contribution >= 4 is 18.6 Å². The summed E-state index contributed by atoms with van der Waals surface area (Å²) in [5, 5.41) is 0. The number of hydrogen-bond acceptors (Lipinski definition) is 4. The van der Waals surface area contributed by atoms with Crippen LogP contribution in [0.4, 0.5) is 0 Å². The highest BCUT2D eigenvalue weighted by atomic mass is 32.1. The first-order chi connectivity index (χ1) is 5.07. The average Bonchev–Trinajstić information content (AvgIpc) is 1.98. The average molecular weight is 177 g/mol. The van der Waals surface area contributed by atoms with Crippen LogP contribution in [-0.4, -0.2) is 24.4 Å². The quantitative estimate of drug-likeness (QED) is 0.484. The summed E-state index contributed by atoms with van der Waals surface area (Å²) in [5.74, 6) is 0.316. The molecule has 0 aromatic rings. The maximum atomic E-state index is 10.9. The fourth-order valence-corrected chi connectivity index (χ4v) is 0.579. The zero-order valence-electron chi connectivity index (χ0n) is 6.91. The zero-order chi connectivity index (χ0) is 8.85. The molecule has 0 fully saturated rings. The minimum atomic E-state index is -0.586. The lowest BCUT2D eigenvalue weighted by atomic mass is 10.2. The number of ether oxygens (including phenoxy) is 1. The lowest BCUT2D eigenvalue weighted by Gasteiger charge is -2.10. The molecule has 0 aromatic carbocycles. The molecule has 0 spiro atoms. The van der Waals surface area contributed by atoms with E-state index in [9.17, 15) is 4.79 Å². The molecule has 0 heterocycles. The Balaban J connectivity index is 3.52. The van der Waals surface area contributed by atoms with Gasteiger partial charge in [0, 0.05) is 5.75 Å². The molecule has 0 amide bonds. The van der Waals surface area contributed by atoms with E-state index in [-0.39, 0.29) is 5.97 Å². The van der Waals surface area contributed by atoms with Crippen molar-refractivity contribution in [3.05, 3.63) is 0 Å². The summed E-state index contributed by atoms with van der Waals surface area (Å²) >= 11 is 3.87. The third kappa shape index (κ3) is 5.09. The number of carbonyl (C=O) groups is 1. The van der Waals surface area contributed by atoms with E-state index in [1.54, 1.807) is 0 Å². The summed E-state index contributed by atoms with van der Waals surface area (Å²) in [5.41, 5.74) is 5.35. The third-order valence-electron chi connectivity index (χ3n) is 1.06. The molecule has 4 heteroatoms. The first-order valence-electron chi connectivity index (χ1n) is 3.61. The van der Waals surface area contributed by atoms with Crippen molar-refractivity contribution in [2.24, 2.45) is 11.7 Å². The number of carbonyl (C=O) groups excluding carboxylic acids is 1. The molecule has 0 bridgehead atoms. The van der Waals surface area contributed by atoms with E-state index in [4.69, 9.17) is 10.5 Å². The smallest absolute Gasteiger partial charge is 0.323 e. The molecule has 0 saturated heterocycles. The van der Waals surface area contributed by atoms with Gasteiger partial charge in [-0.1, -0.05) is 13.8 Å². The minimum Gasteiger partial charge on any atom is -0.464 e. The van der Waals surface area contributed by atoms with Crippen LogP contribution in [-0.2, 0) is 9.53 Å². The standard InChI is InChI=1S/C7H15NO2S/c1-5(2)3-10-7(9)6(8)4-11/h5-6,11H,3-4,8H2,1-2H3. The molecule has 2 N–H and O–H groups in total. The molecule has 0 aliphatic carbocycles. The summed E-state index contributed by atoms with van der Waals surface area (Å²) in [7, 11) is 0. The Morgan fingerprint density at radius 1 is 1.64 bits per heavy atom. The van der Waals surface area contributed by atoms with Crippen LogP contribution in [0.15, 0.2) is 0 Å². The molecular weight excluding hydrogens is 162 g/mol. The van der Waals surface area contributed by atoms with Gasteiger partial charge >= 0.3 is 5.97 Å². The SMILES string of the molecule is CC(C)COC(=O)C(N)CS. The van der Waals surface area contributed by atoms with Crippen LogP contribution in [0.3, 0.4) is 0 Å². The number of thiol groups is 1. The molecule has 11 heavy (non-hydrogen) atoms. The fraction of sp³-hybridized carbons (Fsp3) is 0.857. The maximum absolute atomic E-state index is 10.9. The third-order valence-corrected chi connectivity index (χ3v) is 1.45. The Morgan fingerprint density at radius 3 is 2.55 bits per heavy atom. The van der Waals surface area contributed by atoms with Crippen molar-refractivity contribution < 1.29 is 9.53 Å². The number of nitrogens with two attached hydrogens (primary N) is 1. The Kier molecular flexibility index (Phi) is 5.32. The number of hydrogen-bond donors (Lipinski definition) is 2. The Hall–Kier alpha value is -0.220. The molecule has 0 aliphatic rings. The van der Waals surface area contributed by atoms with Crippen molar-refractivity contribution in [2.45, 2.75) is 19.9 Å². The van der Waals surface area contributed by atoms with Gasteiger partial charge in [0.15, 0.2) is 0 Å². The van der Waals surface area contributed by atoms with Crippen molar-refractivity contribution in [2.75, 3.05) is 12.4 Å². The van der Waals surface area contributed by atoms with Gasteiger partial charge in [-0.25, -0.2) is 0 Å². The molecule has 1 unspecified atom stereocenters. The summed E-state index contributed by atoms with van der Waals surface area (Å²) in [6.45, 7) is 4.37. The highest BCUT2D eigenvalue weighted by molar-refractivity contribution is 7.80. The van der Waals surface area contributed by atoms with E-state index in [1.807, 2.05) is 13.8 Å². The molecule has 0 aromatic heterocycles. The second-order valence-electron chi connectivity index (χ2n) is 2.81. The van der Waals surface area contributed by atoms with E-state index in [0.29, 0.717) is 18.3 Å². The normalized spacial score (nSPS) is 13.2. The summed E-state index contributed by atoms with van der Waals surface area (Å²) < 4.78 is 4.84. The Bertz CT molecular complexity index is 128. The lowest BCUT2D eigenvalue weighted by Crippen LogP contribution is -2.34. The summed E-state index contributed by atoms with van der Waals surface area (Å²) in [6.07, 6.45) is 0. The lowest BCUT2D eigenvalue weighted by molar-refractivity contribution is -0.145. The van der Waals surface area contributed by atoms with Gasteiger partial charge in [-0.15, -0.1) is 0 Å². The first kappa shape index (κ1) is 10.8. The number of esters is 1. The molecule has 0 radical (unpaired) electrons. The van der Waals surface area contributed by atoms with Gasteiger partial charge in [0.2, 0.25) is 0 Å². The van der Waals surface area contributed by atoms with E-state index in [1.165, 1.54) is 0 Å². The molecule has 3 nitrogen and oxygen atoms in total. The first-order valence-corrected chi connectivity index (χ1v) is 4.24. The van der Waals surface area contributed by atoms with Crippen LogP contribution in [0.5, 0.6) is 0 Å². The zero-order valence-corrected chi connectivity index (χ0v) is 7.80. The second-order valence-corrected chi connectivity index (χ2v) is 3.18. The van der Waals surface area contributed by atoms with E-state index < -0.39 is 6.04 Å². The van der Waals surface area contributed by atoms with Crippen LogP contribution in [0.1, 0.15) is 13.8 Å². The van der Waals surface area contributed by atoms with Crippen LogP contribution in [0, 0.1) is 5.92 Å². The van der Waals surface area contributed by atoms with Crippen molar-refractivity contribution in [3.8, 4) is 0 Å². The summed E-state index contributed by atoms with van der Waals surface area (Å²) in [4.78, 5) is 10.9. The van der Waals surface area contributed by atoms with Crippen molar-refractivity contribution in [1.82, 2.24) is 0 Å². The second kappa shape index (κ2) is 5.43.